The van der Waals surface area contributed by atoms with Crippen LogP contribution in [0.15, 0.2) is 12.1 Å². The maximum absolute atomic E-state index is 6.18. The third-order valence-electron chi connectivity index (χ3n) is 3.60. The van der Waals surface area contributed by atoms with Crippen LogP contribution < -0.4 is 10.1 Å². The molecule has 1 fully saturated rings. The summed E-state index contributed by atoms with van der Waals surface area (Å²) in [5, 5.41) is 4.04. The van der Waals surface area contributed by atoms with E-state index in [1.807, 2.05) is 12.1 Å². The molecular formula is C16H26ClN3O. The van der Waals surface area contributed by atoms with Crippen LogP contribution in [0.2, 0.25) is 5.02 Å². The first kappa shape index (κ1) is 16.5. The third kappa shape index (κ3) is 5.81. The second-order valence-electron chi connectivity index (χ2n) is 6.16. The SMILES string of the molecule is CC(C)CNCc1nc(OCCN(C)C2CC2)ccc1Cl. The van der Waals surface area contributed by atoms with Crippen LogP contribution in [0.3, 0.4) is 0 Å². The molecule has 0 saturated heterocycles. The van der Waals surface area contributed by atoms with Crippen LogP contribution in [0, 0.1) is 5.92 Å². The summed E-state index contributed by atoms with van der Waals surface area (Å²) in [6.45, 7) is 7.59. The molecule has 1 aliphatic carbocycles. The van der Waals surface area contributed by atoms with Crippen molar-refractivity contribution in [1.82, 2.24) is 15.2 Å². The zero-order valence-corrected chi connectivity index (χ0v) is 14.0. The van der Waals surface area contributed by atoms with Crippen LogP contribution in [0.25, 0.3) is 0 Å². The summed E-state index contributed by atoms with van der Waals surface area (Å²) in [7, 11) is 2.15. The predicted molar refractivity (Wildman–Crippen MR) is 86.9 cm³/mol. The number of hydrogen-bond acceptors (Lipinski definition) is 4. The summed E-state index contributed by atoms with van der Waals surface area (Å²) in [6.07, 6.45) is 2.64. The zero-order valence-electron chi connectivity index (χ0n) is 13.2. The summed E-state index contributed by atoms with van der Waals surface area (Å²) < 4.78 is 5.74. The molecule has 0 aliphatic heterocycles. The lowest BCUT2D eigenvalue weighted by Crippen LogP contribution is -2.26. The second-order valence-corrected chi connectivity index (χ2v) is 6.57. The minimum atomic E-state index is 0.612. The molecule has 0 spiro atoms. The molecule has 1 aromatic rings. The zero-order chi connectivity index (χ0) is 15.2. The van der Waals surface area contributed by atoms with E-state index in [1.165, 1.54) is 12.8 Å². The maximum Gasteiger partial charge on any atom is 0.213 e. The van der Waals surface area contributed by atoms with Crippen LogP contribution in [0.4, 0.5) is 0 Å². The van der Waals surface area contributed by atoms with Gasteiger partial charge in [0, 0.05) is 25.2 Å². The summed E-state index contributed by atoms with van der Waals surface area (Å²) in [6, 6.07) is 4.47. The molecular weight excluding hydrogens is 286 g/mol. The molecule has 1 saturated carbocycles. The molecule has 0 bridgehead atoms. The van der Waals surface area contributed by atoms with Gasteiger partial charge in [-0.3, -0.25) is 0 Å². The van der Waals surface area contributed by atoms with Crippen LogP contribution in [-0.2, 0) is 6.54 Å². The Morgan fingerprint density at radius 1 is 1.43 bits per heavy atom. The van der Waals surface area contributed by atoms with Crippen molar-refractivity contribution in [3.05, 3.63) is 22.8 Å². The molecule has 21 heavy (non-hydrogen) atoms. The van der Waals surface area contributed by atoms with Gasteiger partial charge in [-0.05, 0) is 38.4 Å². The Morgan fingerprint density at radius 3 is 2.86 bits per heavy atom. The molecule has 0 unspecified atom stereocenters. The first-order valence-electron chi connectivity index (χ1n) is 7.75. The van der Waals surface area contributed by atoms with Crippen molar-refractivity contribution in [3.63, 3.8) is 0 Å². The lowest BCUT2D eigenvalue weighted by atomic mass is 10.2. The van der Waals surface area contributed by atoms with Gasteiger partial charge >= 0.3 is 0 Å². The molecule has 5 heteroatoms. The van der Waals surface area contributed by atoms with Gasteiger partial charge in [-0.25, -0.2) is 4.98 Å². The van der Waals surface area contributed by atoms with Gasteiger partial charge in [0.1, 0.15) is 6.61 Å². The van der Waals surface area contributed by atoms with E-state index in [0.29, 0.717) is 30.0 Å². The molecule has 118 valence electrons. The molecule has 1 N–H and O–H groups in total. The summed E-state index contributed by atoms with van der Waals surface area (Å²) in [4.78, 5) is 6.84. The van der Waals surface area contributed by atoms with Gasteiger partial charge in [-0.2, -0.15) is 0 Å². The smallest absolute Gasteiger partial charge is 0.213 e. The van der Waals surface area contributed by atoms with Crippen molar-refractivity contribution < 1.29 is 4.74 Å². The number of nitrogens with zero attached hydrogens (tertiary/aromatic N) is 2. The van der Waals surface area contributed by atoms with Gasteiger partial charge < -0.3 is 15.0 Å². The average molecular weight is 312 g/mol. The van der Waals surface area contributed by atoms with Crippen LogP contribution in [0.5, 0.6) is 5.88 Å². The van der Waals surface area contributed by atoms with E-state index >= 15 is 0 Å². The number of pyridine rings is 1. The Labute approximate surface area is 132 Å². The predicted octanol–water partition coefficient (Wildman–Crippen LogP) is 2.95. The van der Waals surface area contributed by atoms with Gasteiger partial charge in [0.15, 0.2) is 0 Å². The van der Waals surface area contributed by atoms with Crippen LogP contribution in [-0.4, -0.2) is 42.7 Å². The van der Waals surface area contributed by atoms with E-state index in [4.69, 9.17) is 16.3 Å². The molecule has 0 atom stereocenters. The number of nitrogens with one attached hydrogen (secondary N) is 1. The molecule has 1 heterocycles. The highest BCUT2D eigenvalue weighted by molar-refractivity contribution is 6.31. The quantitative estimate of drug-likeness (QED) is 0.761. The highest BCUT2D eigenvalue weighted by atomic mass is 35.5. The fourth-order valence-corrected chi connectivity index (χ4v) is 2.31. The fraction of sp³-hybridized carbons (Fsp3) is 0.688. The summed E-state index contributed by atoms with van der Waals surface area (Å²) in [5.41, 5.74) is 0.852. The summed E-state index contributed by atoms with van der Waals surface area (Å²) in [5.74, 6) is 1.27. The van der Waals surface area contributed by atoms with E-state index in [0.717, 1.165) is 24.8 Å². The Morgan fingerprint density at radius 2 is 2.19 bits per heavy atom. The van der Waals surface area contributed by atoms with E-state index in [9.17, 15) is 0 Å². The monoisotopic (exact) mass is 311 g/mol. The normalized spacial score (nSPS) is 15.0. The third-order valence-corrected chi connectivity index (χ3v) is 3.95. The summed E-state index contributed by atoms with van der Waals surface area (Å²) >= 11 is 6.18. The molecule has 0 radical (unpaired) electrons. The first-order chi connectivity index (χ1) is 10.1. The van der Waals surface area contributed by atoms with Crippen molar-refractivity contribution in [1.29, 1.82) is 0 Å². The topological polar surface area (TPSA) is 37.4 Å². The lowest BCUT2D eigenvalue weighted by molar-refractivity contribution is 0.226. The van der Waals surface area contributed by atoms with Crippen LogP contribution in [0.1, 0.15) is 32.4 Å². The lowest BCUT2D eigenvalue weighted by Gasteiger charge is -2.16. The first-order valence-corrected chi connectivity index (χ1v) is 8.13. The minimum absolute atomic E-state index is 0.612. The van der Waals surface area contributed by atoms with Gasteiger partial charge in [-0.1, -0.05) is 25.4 Å². The number of ether oxygens (including phenoxy) is 1. The molecule has 1 aliphatic rings. The number of halogens is 1. The van der Waals surface area contributed by atoms with E-state index in [-0.39, 0.29) is 0 Å². The minimum Gasteiger partial charge on any atom is -0.476 e. The van der Waals surface area contributed by atoms with E-state index in [2.05, 4.69) is 36.1 Å². The van der Waals surface area contributed by atoms with E-state index < -0.39 is 0 Å². The number of rotatable bonds is 9. The van der Waals surface area contributed by atoms with Crippen molar-refractivity contribution in [2.45, 2.75) is 39.3 Å². The molecule has 1 aromatic heterocycles. The maximum atomic E-state index is 6.18. The largest absolute Gasteiger partial charge is 0.476 e. The van der Waals surface area contributed by atoms with Crippen molar-refractivity contribution in [2.24, 2.45) is 5.92 Å². The molecule has 0 amide bonds. The molecule has 4 nitrogen and oxygen atoms in total. The Bertz CT molecular complexity index is 449. The Balaban J connectivity index is 1.79. The van der Waals surface area contributed by atoms with Crippen LogP contribution >= 0.6 is 11.6 Å². The average Bonchev–Trinajstić information content (AvgIpc) is 3.26. The van der Waals surface area contributed by atoms with E-state index in [1.54, 1.807) is 0 Å². The number of hydrogen-bond donors (Lipinski definition) is 1. The Hall–Kier alpha value is -0.840. The number of aromatic nitrogens is 1. The van der Waals surface area contributed by atoms with Crippen molar-refractivity contribution in [2.75, 3.05) is 26.7 Å². The van der Waals surface area contributed by atoms with Crippen molar-refractivity contribution in [3.8, 4) is 5.88 Å². The fourth-order valence-electron chi connectivity index (χ4n) is 2.14. The molecule has 0 aromatic carbocycles. The Kier molecular flexibility index (Phi) is 6.27. The number of likely N-dealkylation sites (N-methyl/N-ethyl adjacent to an activating group) is 1. The van der Waals surface area contributed by atoms with Gasteiger partial charge in [-0.15, -0.1) is 0 Å². The molecule has 2 rings (SSSR count). The van der Waals surface area contributed by atoms with Gasteiger partial charge in [0.25, 0.3) is 0 Å². The second kappa shape index (κ2) is 7.97. The highest BCUT2D eigenvalue weighted by Gasteiger charge is 2.25. The van der Waals surface area contributed by atoms with Gasteiger partial charge in [0.05, 0.1) is 10.7 Å². The standard InChI is InChI=1S/C16H26ClN3O/c1-12(2)10-18-11-15-14(17)6-7-16(19-15)21-9-8-20(3)13-4-5-13/h6-7,12-13,18H,4-5,8-11H2,1-3H3. The highest BCUT2D eigenvalue weighted by Crippen LogP contribution is 2.25. The van der Waals surface area contributed by atoms with Crippen molar-refractivity contribution >= 4 is 11.6 Å². The van der Waals surface area contributed by atoms with Gasteiger partial charge in [0.2, 0.25) is 5.88 Å².